The first-order valence-corrected chi connectivity index (χ1v) is 7.24. The van der Waals surface area contributed by atoms with E-state index in [-0.39, 0.29) is 17.9 Å². The first-order valence-electron chi connectivity index (χ1n) is 6.43. The van der Waals surface area contributed by atoms with Gasteiger partial charge in [0.2, 0.25) is 0 Å². The van der Waals surface area contributed by atoms with Crippen molar-refractivity contribution in [2.75, 3.05) is 0 Å². The summed E-state index contributed by atoms with van der Waals surface area (Å²) in [5.41, 5.74) is 2.04. The first-order chi connectivity index (χ1) is 8.97. The second kappa shape index (κ2) is 5.80. The van der Waals surface area contributed by atoms with E-state index >= 15 is 0 Å². The molecule has 0 aliphatic heterocycles. The fraction of sp³-hybridized carbons (Fsp3) is 0.400. The molecule has 102 valence electrons. The van der Waals surface area contributed by atoms with Crippen molar-refractivity contribution in [3.05, 3.63) is 51.2 Å². The van der Waals surface area contributed by atoms with E-state index in [9.17, 15) is 4.39 Å². The minimum Gasteiger partial charge on any atom is -0.303 e. The van der Waals surface area contributed by atoms with Crippen LogP contribution in [0.15, 0.2) is 24.3 Å². The van der Waals surface area contributed by atoms with E-state index in [1.54, 1.807) is 23.5 Å². The van der Waals surface area contributed by atoms with Crippen LogP contribution in [-0.2, 0) is 0 Å². The summed E-state index contributed by atoms with van der Waals surface area (Å²) < 4.78 is 13.2. The lowest BCUT2D eigenvalue weighted by Crippen LogP contribution is -2.22. The largest absolute Gasteiger partial charge is 0.303 e. The zero-order valence-electron chi connectivity index (χ0n) is 11.7. The van der Waals surface area contributed by atoms with Crippen LogP contribution < -0.4 is 5.32 Å². The Morgan fingerprint density at radius 1 is 1.21 bits per heavy atom. The van der Waals surface area contributed by atoms with Crippen LogP contribution in [-0.4, -0.2) is 4.98 Å². The van der Waals surface area contributed by atoms with Crippen molar-refractivity contribution in [3.63, 3.8) is 0 Å². The molecule has 2 aromatic rings. The van der Waals surface area contributed by atoms with Gasteiger partial charge in [0.1, 0.15) is 5.82 Å². The third-order valence-corrected chi connectivity index (χ3v) is 4.44. The Kier molecular flexibility index (Phi) is 4.32. The first kappa shape index (κ1) is 14.2. The zero-order chi connectivity index (χ0) is 14.0. The van der Waals surface area contributed by atoms with Gasteiger partial charge in [-0.25, -0.2) is 9.37 Å². The monoisotopic (exact) mass is 278 g/mol. The second-order valence-corrected chi connectivity index (χ2v) is 6.08. The molecule has 4 heteroatoms. The van der Waals surface area contributed by atoms with Gasteiger partial charge in [0, 0.05) is 17.0 Å². The number of aromatic nitrogens is 1. The van der Waals surface area contributed by atoms with Crippen LogP contribution in [0.25, 0.3) is 0 Å². The van der Waals surface area contributed by atoms with Gasteiger partial charge in [-0.15, -0.1) is 11.3 Å². The van der Waals surface area contributed by atoms with Gasteiger partial charge in [-0.3, -0.25) is 0 Å². The number of nitrogens with one attached hydrogen (secondary N) is 1. The summed E-state index contributed by atoms with van der Waals surface area (Å²) in [6.07, 6.45) is 0. The number of aryl methyl sites for hydroxylation is 2. The molecule has 0 amide bonds. The standard InChI is InChI=1S/C15H19FN2S/c1-9(13-6-5-7-14(16)8-13)17-10(2)15-11(3)18-12(4)19-15/h5-10,17H,1-4H3. The number of hydrogen-bond acceptors (Lipinski definition) is 3. The Morgan fingerprint density at radius 3 is 2.53 bits per heavy atom. The Hall–Kier alpha value is -1.26. The summed E-state index contributed by atoms with van der Waals surface area (Å²) in [4.78, 5) is 5.70. The van der Waals surface area contributed by atoms with Crippen LogP contribution in [0.3, 0.4) is 0 Å². The second-order valence-electron chi connectivity index (χ2n) is 4.85. The Balaban J connectivity index is 2.10. The lowest BCUT2D eigenvalue weighted by atomic mass is 10.1. The van der Waals surface area contributed by atoms with Crippen molar-refractivity contribution in [2.24, 2.45) is 0 Å². The van der Waals surface area contributed by atoms with Crippen LogP contribution in [0.1, 0.15) is 47.1 Å². The summed E-state index contributed by atoms with van der Waals surface area (Å²) in [6.45, 7) is 8.22. The van der Waals surface area contributed by atoms with Crippen molar-refractivity contribution in [3.8, 4) is 0 Å². The molecule has 1 heterocycles. The molecule has 2 nitrogen and oxygen atoms in total. The van der Waals surface area contributed by atoms with Crippen LogP contribution in [0.2, 0.25) is 0 Å². The van der Waals surface area contributed by atoms with Gasteiger partial charge in [-0.2, -0.15) is 0 Å². The number of halogens is 1. The molecule has 0 fully saturated rings. The van der Waals surface area contributed by atoms with E-state index in [4.69, 9.17) is 0 Å². The highest BCUT2D eigenvalue weighted by Gasteiger charge is 2.16. The lowest BCUT2D eigenvalue weighted by Gasteiger charge is -2.20. The number of thiazole rings is 1. The van der Waals surface area contributed by atoms with Crippen molar-refractivity contribution >= 4 is 11.3 Å². The van der Waals surface area contributed by atoms with Crippen molar-refractivity contribution in [1.82, 2.24) is 10.3 Å². The molecule has 1 aromatic heterocycles. The highest BCUT2D eigenvalue weighted by molar-refractivity contribution is 7.11. The summed E-state index contributed by atoms with van der Waals surface area (Å²) in [6, 6.07) is 7.05. The SMILES string of the molecule is Cc1nc(C)c(C(C)NC(C)c2cccc(F)c2)s1. The molecule has 2 atom stereocenters. The van der Waals surface area contributed by atoms with Crippen LogP contribution in [0, 0.1) is 19.7 Å². The molecule has 0 aliphatic carbocycles. The maximum absolute atomic E-state index is 13.2. The number of rotatable bonds is 4. The minimum atomic E-state index is -0.191. The van der Waals surface area contributed by atoms with E-state index < -0.39 is 0 Å². The van der Waals surface area contributed by atoms with Crippen molar-refractivity contribution < 1.29 is 4.39 Å². The zero-order valence-corrected chi connectivity index (χ0v) is 12.5. The van der Waals surface area contributed by atoms with Gasteiger partial charge in [0.05, 0.1) is 10.7 Å². The van der Waals surface area contributed by atoms with E-state index in [0.29, 0.717) is 0 Å². The number of benzene rings is 1. The smallest absolute Gasteiger partial charge is 0.123 e. The summed E-state index contributed by atoms with van der Waals surface area (Å²) in [5.74, 6) is -0.191. The Labute approximate surface area is 117 Å². The summed E-state index contributed by atoms with van der Waals surface area (Å²) in [7, 11) is 0. The normalized spacial score (nSPS) is 14.4. The van der Waals surface area contributed by atoms with Crippen LogP contribution >= 0.6 is 11.3 Å². The Morgan fingerprint density at radius 2 is 1.95 bits per heavy atom. The highest BCUT2D eigenvalue weighted by atomic mass is 32.1. The fourth-order valence-electron chi connectivity index (χ4n) is 2.27. The molecule has 2 rings (SSSR count). The predicted molar refractivity (Wildman–Crippen MR) is 78.0 cm³/mol. The average molecular weight is 278 g/mol. The number of nitrogens with zero attached hydrogens (tertiary/aromatic N) is 1. The molecular weight excluding hydrogens is 259 g/mol. The topological polar surface area (TPSA) is 24.9 Å². The molecule has 0 saturated carbocycles. The summed E-state index contributed by atoms with van der Waals surface area (Å²) in [5, 5.41) is 4.58. The van der Waals surface area contributed by atoms with Crippen molar-refractivity contribution in [1.29, 1.82) is 0 Å². The molecule has 0 radical (unpaired) electrons. The lowest BCUT2D eigenvalue weighted by molar-refractivity contribution is 0.495. The van der Waals surface area contributed by atoms with Crippen LogP contribution in [0.4, 0.5) is 4.39 Å². The molecule has 0 aliphatic rings. The highest BCUT2D eigenvalue weighted by Crippen LogP contribution is 2.27. The number of hydrogen-bond donors (Lipinski definition) is 1. The Bertz CT molecular complexity index is 565. The van der Waals surface area contributed by atoms with E-state index in [2.05, 4.69) is 24.1 Å². The quantitative estimate of drug-likeness (QED) is 0.901. The third-order valence-electron chi connectivity index (χ3n) is 3.18. The molecule has 0 bridgehead atoms. The van der Waals surface area contributed by atoms with Gasteiger partial charge in [0.25, 0.3) is 0 Å². The predicted octanol–water partition coefficient (Wildman–Crippen LogP) is 4.31. The van der Waals surface area contributed by atoms with Crippen molar-refractivity contribution in [2.45, 2.75) is 39.8 Å². The van der Waals surface area contributed by atoms with Gasteiger partial charge < -0.3 is 5.32 Å². The molecular formula is C15H19FN2S. The molecule has 0 saturated heterocycles. The van der Waals surface area contributed by atoms with Gasteiger partial charge in [0.15, 0.2) is 0 Å². The third kappa shape index (κ3) is 3.39. The maximum atomic E-state index is 13.2. The summed E-state index contributed by atoms with van der Waals surface area (Å²) >= 11 is 1.72. The van der Waals surface area contributed by atoms with E-state index in [0.717, 1.165) is 16.3 Å². The van der Waals surface area contributed by atoms with E-state index in [1.807, 2.05) is 19.9 Å². The van der Waals surface area contributed by atoms with Crippen LogP contribution in [0.5, 0.6) is 0 Å². The van der Waals surface area contributed by atoms with Gasteiger partial charge in [-0.1, -0.05) is 12.1 Å². The van der Waals surface area contributed by atoms with Gasteiger partial charge in [-0.05, 0) is 45.4 Å². The molecule has 2 unspecified atom stereocenters. The maximum Gasteiger partial charge on any atom is 0.123 e. The van der Waals surface area contributed by atoms with Gasteiger partial charge >= 0.3 is 0 Å². The molecule has 0 spiro atoms. The molecule has 19 heavy (non-hydrogen) atoms. The minimum absolute atomic E-state index is 0.104. The molecule has 1 N–H and O–H groups in total. The fourth-order valence-corrected chi connectivity index (χ4v) is 3.21. The molecule has 1 aromatic carbocycles. The average Bonchev–Trinajstić information content (AvgIpc) is 2.68. The van der Waals surface area contributed by atoms with E-state index in [1.165, 1.54) is 10.9 Å².